The van der Waals surface area contributed by atoms with Gasteiger partial charge in [0.15, 0.2) is 5.82 Å². The summed E-state index contributed by atoms with van der Waals surface area (Å²) >= 11 is 1.55. The zero-order valence-corrected chi connectivity index (χ0v) is 12.4. The van der Waals surface area contributed by atoms with Crippen molar-refractivity contribution in [1.29, 1.82) is 0 Å². The molecule has 0 aliphatic rings. The predicted octanol–water partition coefficient (Wildman–Crippen LogP) is 4.36. The van der Waals surface area contributed by atoms with Crippen molar-refractivity contribution in [3.63, 3.8) is 0 Å². The molecule has 0 aliphatic heterocycles. The maximum atomic E-state index is 13.4. The van der Waals surface area contributed by atoms with Gasteiger partial charge in [0.25, 0.3) is 0 Å². The summed E-state index contributed by atoms with van der Waals surface area (Å²) in [7, 11) is 0. The van der Waals surface area contributed by atoms with Crippen LogP contribution in [0.5, 0.6) is 5.75 Å². The maximum Gasteiger partial charge on any atom is 0.151 e. The summed E-state index contributed by atoms with van der Waals surface area (Å²) in [6.45, 7) is 3.80. The molecule has 0 unspecified atom stereocenters. The summed E-state index contributed by atoms with van der Waals surface area (Å²) in [4.78, 5) is 8.45. The van der Waals surface area contributed by atoms with E-state index in [9.17, 15) is 4.39 Å². The molecule has 0 atom stereocenters. The fourth-order valence-electron chi connectivity index (χ4n) is 1.96. The quantitative estimate of drug-likeness (QED) is 0.778. The SMILES string of the molecule is CC(C)Oc1cc(F)ccc1Nc1ncnc2ccsc12. The highest BCUT2D eigenvalue weighted by Crippen LogP contribution is 2.32. The molecule has 3 rings (SSSR count). The van der Waals surface area contributed by atoms with Gasteiger partial charge >= 0.3 is 0 Å². The van der Waals surface area contributed by atoms with Crippen molar-refractivity contribution < 1.29 is 9.13 Å². The minimum atomic E-state index is -0.333. The van der Waals surface area contributed by atoms with Crippen molar-refractivity contribution >= 4 is 33.1 Å². The summed E-state index contributed by atoms with van der Waals surface area (Å²) in [5, 5.41) is 5.16. The number of rotatable bonds is 4. The van der Waals surface area contributed by atoms with Crippen LogP contribution in [0.4, 0.5) is 15.9 Å². The molecule has 0 fully saturated rings. The number of nitrogens with zero attached hydrogens (tertiary/aromatic N) is 2. The lowest BCUT2D eigenvalue weighted by Gasteiger charge is -2.15. The van der Waals surface area contributed by atoms with Gasteiger partial charge in [0.1, 0.15) is 17.9 Å². The van der Waals surface area contributed by atoms with Crippen molar-refractivity contribution in [1.82, 2.24) is 9.97 Å². The third-order valence-electron chi connectivity index (χ3n) is 2.80. The van der Waals surface area contributed by atoms with Gasteiger partial charge in [-0.3, -0.25) is 0 Å². The van der Waals surface area contributed by atoms with E-state index in [1.54, 1.807) is 17.4 Å². The van der Waals surface area contributed by atoms with Gasteiger partial charge in [-0.05, 0) is 37.4 Å². The average molecular weight is 303 g/mol. The zero-order valence-electron chi connectivity index (χ0n) is 11.6. The monoisotopic (exact) mass is 303 g/mol. The number of benzene rings is 1. The molecule has 0 amide bonds. The van der Waals surface area contributed by atoms with E-state index in [0.29, 0.717) is 17.3 Å². The van der Waals surface area contributed by atoms with Crippen LogP contribution in [0, 0.1) is 5.82 Å². The number of halogens is 1. The molecule has 0 radical (unpaired) electrons. The molecule has 6 heteroatoms. The van der Waals surface area contributed by atoms with Crippen LogP contribution in [-0.4, -0.2) is 16.1 Å². The molecular formula is C15H14FN3OS. The van der Waals surface area contributed by atoms with Gasteiger partial charge in [-0.15, -0.1) is 11.3 Å². The van der Waals surface area contributed by atoms with E-state index >= 15 is 0 Å². The van der Waals surface area contributed by atoms with Crippen LogP contribution in [0.3, 0.4) is 0 Å². The number of fused-ring (bicyclic) bond motifs is 1. The Labute approximate surface area is 125 Å². The minimum Gasteiger partial charge on any atom is -0.489 e. The molecule has 0 aliphatic carbocycles. The van der Waals surface area contributed by atoms with Gasteiger partial charge in [0.2, 0.25) is 0 Å². The topological polar surface area (TPSA) is 47.0 Å². The Kier molecular flexibility index (Phi) is 3.70. The highest BCUT2D eigenvalue weighted by Gasteiger charge is 2.11. The number of thiophene rings is 1. The second kappa shape index (κ2) is 5.65. The van der Waals surface area contributed by atoms with Crippen molar-refractivity contribution in [2.75, 3.05) is 5.32 Å². The normalized spacial score (nSPS) is 11.0. The first-order valence-corrected chi connectivity index (χ1v) is 7.43. The first-order chi connectivity index (χ1) is 10.1. The minimum absolute atomic E-state index is 0.0421. The molecular weight excluding hydrogens is 289 g/mol. The second-order valence-electron chi connectivity index (χ2n) is 4.79. The Morgan fingerprint density at radius 1 is 1.24 bits per heavy atom. The summed E-state index contributed by atoms with van der Waals surface area (Å²) in [5.41, 5.74) is 1.56. The molecule has 2 aromatic heterocycles. The van der Waals surface area contributed by atoms with Crippen LogP contribution < -0.4 is 10.1 Å². The number of anilines is 2. The van der Waals surface area contributed by atoms with Gasteiger partial charge in [-0.2, -0.15) is 0 Å². The number of ether oxygens (including phenoxy) is 1. The Hall–Kier alpha value is -2.21. The molecule has 0 saturated heterocycles. The van der Waals surface area contributed by atoms with Crippen LogP contribution >= 0.6 is 11.3 Å². The molecule has 4 nitrogen and oxygen atoms in total. The van der Waals surface area contributed by atoms with Gasteiger partial charge in [0, 0.05) is 6.07 Å². The fraction of sp³-hybridized carbons (Fsp3) is 0.200. The van der Waals surface area contributed by atoms with Crippen LogP contribution in [-0.2, 0) is 0 Å². The van der Waals surface area contributed by atoms with Crippen LogP contribution in [0.1, 0.15) is 13.8 Å². The molecule has 1 aromatic carbocycles. The number of nitrogens with one attached hydrogen (secondary N) is 1. The first-order valence-electron chi connectivity index (χ1n) is 6.55. The lowest BCUT2D eigenvalue weighted by atomic mass is 10.2. The maximum absolute atomic E-state index is 13.4. The Morgan fingerprint density at radius 3 is 2.90 bits per heavy atom. The number of hydrogen-bond donors (Lipinski definition) is 1. The molecule has 108 valence electrons. The van der Waals surface area contributed by atoms with E-state index in [1.165, 1.54) is 18.5 Å². The lowest BCUT2D eigenvalue weighted by molar-refractivity contribution is 0.243. The molecule has 2 heterocycles. The highest BCUT2D eigenvalue weighted by atomic mass is 32.1. The van der Waals surface area contributed by atoms with Gasteiger partial charge in [-0.1, -0.05) is 0 Å². The second-order valence-corrected chi connectivity index (χ2v) is 5.71. The Morgan fingerprint density at radius 2 is 2.10 bits per heavy atom. The predicted molar refractivity (Wildman–Crippen MR) is 82.9 cm³/mol. The molecule has 21 heavy (non-hydrogen) atoms. The van der Waals surface area contributed by atoms with E-state index in [-0.39, 0.29) is 11.9 Å². The van der Waals surface area contributed by atoms with Crippen LogP contribution in [0.15, 0.2) is 36.0 Å². The van der Waals surface area contributed by atoms with E-state index < -0.39 is 0 Å². The number of aromatic nitrogens is 2. The Balaban J connectivity index is 1.99. The number of hydrogen-bond acceptors (Lipinski definition) is 5. The lowest BCUT2D eigenvalue weighted by Crippen LogP contribution is -2.08. The van der Waals surface area contributed by atoms with Crippen molar-refractivity contribution in [2.45, 2.75) is 20.0 Å². The first kappa shape index (κ1) is 13.8. The van der Waals surface area contributed by atoms with Gasteiger partial charge < -0.3 is 10.1 Å². The van der Waals surface area contributed by atoms with E-state index in [1.807, 2.05) is 25.3 Å². The summed E-state index contributed by atoms with van der Waals surface area (Å²) in [6.07, 6.45) is 1.46. The van der Waals surface area contributed by atoms with E-state index in [4.69, 9.17) is 4.74 Å². The van der Waals surface area contributed by atoms with Crippen molar-refractivity contribution in [2.24, 2.45) is 0 Å². The average Bonchev–Trinajstić information content (AvgIpc) is 2.90. The fourth-order valence-corrected chi connectivity index (χ4v) is 2.75. The Bertz CT molecular complexity index is 772. The summed E-state index contributed by atoms with van der Waals surface area (Å²) in [5.74, 6) is 0.823. The zero-order chi connectivity index (χ0) is 14.8. The standard InChI is InChI=1S/C15H14FN3OS/c1-9(2)20-13-7-10(16)3-4-11(13)19-15-14-12(5-6-21-14)17-8-18-15/h3-9H,1-2H3,(H,17,18,19). The van der Waals surface area contributed by atoms with Crippen LogP contribution in [0.25, 0.3) is 10.2 Å². The van der Waals surface area contributed by atoms with Gasteiger partial charge in [0.05, 0.1) is 22.0 Å². The van der Waals surface area contributed by atoms with Gasteiger partial charge in [-0.25, -0.2) is 14.4 Å². The van der Waals surface area contributed by atoms with E-state index in [2.05, 4.69) is 15.3 Å². The van der Waals surface area contributed by atoms with Crippen molar-refractivity contribution in [3.05, 3.63) is 41.8 Å². The van der Waals surface area contributed by atoms with Crippen molar-refractivity contribution in [3.8, 4) is 5.75 Å². The third-order valence-corrected chi connectivity index (χ3v) is 3.71. The molecule has 0 bridgehead atoms. The largest absolute Gasteiger partial charge is 0.489 e. The molecule has 0 saturated carbocycles. The molecule has 3 aromatic rings. The molecule has 0 spiro atoms. The third kappa shape index (κ3) is 2.95. The smallest absolute Gasteiger partial charge is 0.151 e. The summed E-state index contributed by atoms with van der Waals surface area (Å²) < 4.78 is 20.0. The van der Waals surface area contributed by atoms with E-state index in [0.717, 1.165) is 10.2 Å². The molecule has 1 N–H and O–H groups in total. The van der Waals surface area contributed by atoms with Crippen LogP contribution in [0.2, 0.25) is 0 Å². The highest BCUT2D eigenvalue weighted by molar-refractivity contribution is 7.17. The summed E-state index contributed by atoms with van der Waals surface area (Å²) in [6, 6.07) is 6.34.